The van der Waals surface area contributed by atoms with Crippen LogP contribution in [-0.4, -0.2) is 694 Å². The van der Waals surface area contributed by atoms with Crippen LogP contribution in [0.2, 0.25) is 0 Å². The number of hydrogen-bond donors (Lipinski definition) is 41. The van der Waals surface area contributed by atoms with E-state index in [0.717, 1.165) is 0 Å². The topological polar surface area (TPSA) is 1060 Å². The first-order chi connectivity index (χ1) is 68.4. The van der Waals surface area contributed by atoms with Crippen LogP contribution in [0.5, 0.6) is 0 Å². The molecule has 66 nitrogen and oxygen atoms in total. The van der Waals surface area contributed by atoms with Crippen LogP contribution in [0.15, 0.2) is 0 Å². The van der Waals surface area contributed by atoms with Gasteiger partial charge in [-0.25, -0.2) is 0 Å². The average molecular weight is 2130 g/mol. The van der Waals surface area contributed by atoms with Gasteiger partial charge in [-0.1, -0.05) is 0 Å². The summed E-state index contributed by atoms with van der Waals surface area (Å²) in [5, 5.41) is 450. The Morgan fingerprint density at radius 3 is 0.382 bits per heavy atom. The van der Waals surface area contributed by atoms with E-state index in [9.17, 15) is 209 Å². The molecule has 13 aliphatic heterocycles. The Hall–Kier alpha value is -2.64. The van der Waals surface area contributed by atoms with Crippen molar-refractivity contribution in [3.63, 3.8) is 0 Å². The molecule has 0 bridgehead atoms. The molecule has 0 radical (unpaired) electrons. The van der Waals surface area contributed by atoms with Gasteiger partial charge in [-0.2, -0.15) is 0 Å². The van der Waals surface area contributed by atoms with Crippen molar-refractivity contribution in [2.24, 2.45) is 0 Å². The van der Waals surface area contributed by atoms with Gasteiger partial charge in [-0.15, -0.1) is 0 Å². The van der Waals surface area contributed by atoms with Crippen molar-refractivity contribution in [1.82, 2.24) is 0 Å². The van der Waals surface area contributed by atoms with Crippen molar-refractivity contribution in [1.29, 1.82) is 0 Å². The summed E-state index contributed by atoms with van der Waals surface area (Å²) in [5.41, 5.74) is 0. The fourth-order valence-corrected chi connectivity index (χ4v) is 18.9. The molecule has 0 aromatic heterocycles. The van der Waals surface area contributed by atoms with Gasteiger partial charge >= 0.3 is 0 Å². The number of rotatable bonds is 37. The van der Waals surface area contributed by atoms with Crippen LogP contribution in [-0.2, 0) is 118 Å². The highest BCUT2D eigenvalue weighted by atomic mass is 16.8. The van der Waals surface area contributed by atoms with Crippen LogP contribution in [0.25, 0.3) is 0 Å². The maximum Gasteiger partial charge on any atom is 0.187 e. The Kier molecular flexibility index (Phi) is 42.2. The number of ether oxygens (including phenoxy) is 25. The molecule has 13 fully saturated rings. The van der Waals surface area contributed by atoms with E-state index < -0.39 is 485 Å². The zero-order valence-corrected chi connectivity index (χ0v) is 75.3. The lowest BCUT2D eigenvalue weighted by Crippen LogP contribution is -2.69. The van der Waals surface area contributed by atoms with Crippen LogP contribution in [0.4, 0.5) is 0 Å². The first-order valence-corrected chi connectivity index (χ1v) is 45.8. The first kappa shape index (κ1) is 118. The smallest absolute Gasteiger partial charge is 0.187 e. The predicted octanol–water partition coefficient (Wildman–Crippen LogP) is -29.3. The lowest BCUT2D eigenvalue weighted by molar-refractivity contribution is -0.403. The molecule has 1 unspecified atom stereocenters. The number of aliphatic hydroxyl groups is 41. The maximum absolute atomic E-state index is 11.8. The molecule has 0 aromatic carbocycles. The van der Waals surface area contributed by atoms with Gasteiger partial charge in [0.05, 0.1) is 85.9 Å². The van der Waals surface area contributed by atoms with Gasteiger partial charge in [0, 0.05) is 0 Å². The Bertz CT molecular complexity index is 3790. The van der Waals surface area contributed by atoms with Gasteiger partial charge < -0.3 is 328 Å². The summed E-state index contributed by atoms with van der Waals surface area (Å²) in [6.45, 7) is -14.5. The molecular weight excluding hydrogens is 1990 g/mol. The molecular formula is C78H132O66. The first-order valence-electron chi connectivity index (χ1n) is 45.8. The summed E-state index contributed by atoms with van der Waals surface area (Å²) in [6.07, 6.45) is -137. The minimum Gasteiger partial charge on any atom is -0.394 e. The minimum atomic E-state index is -2.42. The van der Waals surface area contributed by atoms with E-state index >= 15 is 0 Å². The highest BCUT2D eigenvalue weighted by molar-refractivity contribution is 5.06. The largest absolute Gasteiger partial charge is 0.394 e. The molecule has 144 heavy (non-hydrogen) atoms. The second kappa shape index (κ2) is 51.4. The second-order valence-electron chi connectivity index (χ2n) is 36.4. The second-order valence-corrected chi connectivity index (χ2v) is 36.4. The maximum atomic E-state index is 11.8. The van der Waals surface area contributed by atoms with Crippen molar-refractivity contribution in [2.75, 3.05) is 85.9 Å². The standard InChI is InChI=1S/C78H132O66/c79-1-14-27(92)32(97)41(106)67(121-14)133-54-20(7-85)130-73(47(112)38(54)103)142-63-29(94)16(3-81)122-76(51(63)116)140-61-26(13-91)128-71(45(110)36(61)101)137-58-23(10-88)132-75(49(114)40(58)105)144-65-31(96)17(4-82)123-77(52(65)117)138-59-24(11-89)126-69(43(108)34(59)99)134-55-19(6-84)125-68(42(107)33(55)98)136-57-22(9-87)131-74(48(113)39(57)104)143-64-30(95)18(5-83)124-78(53(64)118)139-60-25(12-90)127-70(44(109)35(60)100)135-56-21(8-86)129-72(46(111)37(56)102)141-62-28(93)15(2-80)120-66(119)50(62)115/h14-119H,1-13H2/t14-,15-,16-,17-,18-,19-,20-,21-,22-,23-,24-,25-,26-,27-,28-,29-,30-,31-,32+,33-,34-,35-,36-,37-,38-,39-,40-,41-,42-,43-,44-,45-,46-,47-,48-,49-,50-,51-,52-,53-,54-,55-,56-,57-,58-,59-,60-,61-,62+,63+,64+,65+,66?,67+,68+,69+,70+,71+,72+,73+,74+,75+,76+,77+,78+/m1/s1. The lowest BCUT2D eigenvalue weighted by Gasteiger charge is -2.50. The van der Waals surface area contributed by atoms with Crippen molar-refractivity contribution in [3.8, 4) is 0 Å². The molecule has 66 heteroatoms. The third-order valence-electron chi connectivity index (χ3n) is 27.2. The molecule has 13 rings (SSSR count). The van der Waals surface area contributed by atoms with Crippen molar-refractivity contribution < 1.29 is 328 Å². The Balaban J connectivity index is 0.586. The molecule has 0 aliphatic carbocycles. The van der Waals surface area contributed by atoms with Crippen molar-refractivity contribution in [3.05, 3.63) is 0 Å². The van der Waals surface area contributed by atoms with Crippen molar-refractivity contribution >= 4 is 0 Å². The molecule has 13 aliphatic rings. The summed E-state index contributed by atoms with van der Waals surface area (Å²) in [4.78, 5) is 0. The number of hydrogen-bond acceptors (Lipinski definition) is 66. The van der Waals surface area contributed by atoms with E-state index in [-0.39, 0.29) is 0 Å². The van der Waals surface area contributed by atoms with Gasteiger partial charge in [-0.05, 0) is 0 Å². The monoisotopic (exact) mass is 2120 g/mol. The van der Waals surface area contributed by atoms with Crippen LogP contribution in [0.3, 0.4) is 0 Å². The molecule has 41 N–H and O–H groups in total. The highest BCUT2D eigenvalue weighted by Gasteiger charge is 2.64. The van der Waals surface area contributed by atoms with Gasteiger partial charge in [0.15, 0.2) is 81.8 Å². The van der Waals surface area contributed by atoms with Gasteiger partial charge in [-0.3, -0.25) is 0 Å². The molecule has 0 spiro atoms. The summed E-state index contributed by atoms with van der Waals surface area (Å²) in [6, 6.07) is 0. The molecule has 0 amide bonds. The zero-order valence-electron chi connectivity index (χ0n) is 75.3. The van der Waals surface area contributed by atoms with Crippen LogP contribution in [0, 0.1) is 0 Å². The Morgan fingerprint density at radius 1 is 0.104 bits per heavy atom. The van der Waals surface area contributed by atoms with Gasteiger partial charge in [0.25, 0.3) is 0 Å². The zero-order chi connectivity index (χ0) is 105. The van der Waals surface area contributed by atoms with E-state index in [1.54, 1.807) is 0 Å². The van der Waals surface area contributed by atoms with Crippen LogP contribution < -0.4 is 0 Å². The van der Waals surface area contributed by atoms with E-state index in [2.05, 4.69) is 0 Å². The predicted molar refractivity (Wildman–Crippen MR) is 428 cm³/mol. The van der Waals surface area contributed by atoms with Crippen LogP contribution >= 0.6 is 0 Å². The van der Waals surface area contributed by atoms with E-state index in [1.165, 1.54) is 0 Å². The summed E-state index contributed by atoms with van der Waals surface area (Å²) in [5.74, 6) is 0. The van der Waals surface area contributed by atoms with Gasteiger partial charge in [0.1, 0.15) is 317 Å². The summed E-state index contributed by atoms with van der Waals surface area (Å²) < 4.78 is 141. The molecule has 840 valence electrons. The molecule has 13 saturated heterocycles. The minimum absolute atomic E-state index is 0.889. The van der Waals surface area contributed by atoms with Crippen molar-refractivity contribution in [2.45, 2.75) is 399 Å². The SMILES string of the molecule is OC[C@H]1O[C@@H](O[C@H]2[C@H](O)[C@@H](O)[C@H](O[C@@H]3[C@@H](O)[C@H](O[C@H]4[C@H](O)[C@@H](O)[C@H](O[C@H]5[C@H](O)[C@@H](O)[C@H](O[C@@H]6[C@@H](O)[C@H](O[C@H]7[C@H](O)[C@@H](O)[C@H](O[C@H]8[C@H](O)[C@@H](O)[C@H](O[C@H]9[C@H](O)[C@@H](O)[C@H](O[C@@H]%10[C@@H](O)[C@H](O[C@H]%11[C@H](O)[C@@H](O)[C@H](O[C@H]%12[C@H](O)[C@@H](O)[C@H](O[C@H]%13[C@H](O)[C@@H](CO)OC(O)[C@@H]%13O)O[C@@H]%12CO)O[C@@H]%11CO)O[C@H](CO)[C@H]%10O)O[C@@H]9CO)O[C@@H]8CO)O[C@@H]7CO)O[C@H](CO)[C@H]6O)O[C@@H]5CO)O[C@@H]4CO)O[C@H](CO)[C@H]3O)O[C@@H]2CO)[C@H](O)[C@@H](O)[C@@H]1O. The Morgan fingerprint density at radius 2 is 0.222 bits per heavy atom. The van der Waals surface area contributed by atoms with Crippen LogP contribution in [0.1, 0.15) is 0 Å². The third kappa shape index (κ3) is 24.3. The highest BCUT2D eigenvalue weighted by Crippen LogP contribution is 2.44. The lowest BCUT2D eigenvalue weighted by atomic mass is 9.95. The van der Waals surface area contributed by atoms with E-state index in [1.807, 2.05) is 0 Å². The summed E-state index contributed by atoms with van der Waals surface area (Å²) >= 11 is 0. The quantitative estimate of drug-likeness (QED) is 0.0275. The van der Waals surface area contributed by atoms with E-state index in [0.29, 0.717) is 0 Å². The Labute approximate surface area is 810 Å². The summed E-state index contributed by atoms with van der Waals surface area (Å²) in [7, 11) is 0. The molecule has 65 atom stereocenters. The molecule has 0 aromatic rings. The van der Waals surface area contributed by atoms with Gasteiger partial charge in [0.2, 0.25) is 0 Å². The normalized spacial score (nSPS) is 53.9. The average Bonchev–Trinajstić information content (AvgIpc) is 0.775. The number of aliphatic hydroxyl groups excluding tert-OH is 41. The molecule has 0 saturated carbocycles. The van der Waals surface area contributed by atoms with E-state index in [4.69, 9.17) is 118 Å². The fraction of sp³-hybridized carbons (Fsp3) is 1.00. The molecule has 13 heterocycles. The third-order valence-corrected chi connectivity index (χ3v) is 27.2. The fourth-order valence-electron chi connectivity index (χ4n) is 18.9.